The van der Waals surface area contributed by atoms with E-state index in [2.05, 4.69) is 5.32 Å². The second-order valence-corrected chi connectivity index (χ2v) is 5.45. The highest BCUT2D eigenvalue weighted by Gasteiger charge is 2.20. The van der Waals surface area contributed by atoms with Crippen molar-refractivity contribution in [3.63, 3.8) is 0 Å². The highest BCUT2D eigenvalue weighted by Crippen LogP contribution is 2.16. The summed E-state index contributed by atoms with van der Waals surface area (Å²) in [7, 11) is 0. The van der Waals surface area contributed by atoms with Crippen molar-refractivity contribution in [2.45, 2.75) is 39.4 Å². The molecule has 2 amide bonds. The molecule has 2 N–H and O–H groups in total. The van der Waals surface area contributed by atoms with Crippen LogP contribution in [0.2, 0.25) is 0 Å². The Balaban J connectivity index is 2.52. The highest BCUT2D eigenvalue weighted by atomic mass is 19.2. The molecule has 1 rings (SSSR count). The molecule has 0 aromatic heterocycles. The van der Waals surface area contributed by atoms with Gasteiger partial charge in [0.1, 0.15) is 5.60 Å². The molecule has 0 saturated carbocycles. The Kier molecular flexibility index (Phi) is 5.81. The topological polar surface area (TPSA) is 76.7 Å². The van der Waals surface area contributed by atoms with Gasteiger partial charge in [-0.3, -0.25) is 9.63 Å². The molecule has 1 aromatic carbocycles. The van der Waals surface area contributed by atoms with Gasteiger partial charge in [0.25, 0.3) is 5.91 Å². The first kappa shape index (κ1) is 17.8. The lowest BCUT2D eigenvalue weighted by Gasteiger charge is -2.20. The van der Waals surface area contributed by atoms with Crippen molar-refractivity contribution in [1.82, 2.24) is 5.48 Å². The Hall–Kier alpha value is -2.22. The van der Waals surface area contributed by atoms with E-state index in [0.717, 1.165) is 6.07 Å². The van der Waals surface area contributed by atoms with Crippen LogP contribution in [0.4, 0.5) is 19.3 Å². The van der Waals surface area contributed by atoms with E-state index >= 15 is 0 Å². The number of halogens is 2. The van der Waals surface area contributed by atoms with E-state index in [9.17, 15) is 18.4 Å². The number of rotatable bonds is 4. The van der Waals surface area contributed by atoms with Gasteiger partial charge in [-0.1, -0.05) is 6.07 Å². The van der Waals surface area contributed by atoms with E-state index in [1.807, 2.05) is 5.48 Å². The molecule has 1 unspecified atom stereocenters. The van der Waals surface area contributed by atoms with Gasteiger partial charge in [-0.2, -0.15) is 5.48 Å². The fraction of sp³-hybridized carbons (Fsp3) is 0.429. The SMILES string of the molecule is CC(ONC(=O)OC(C)(C)C)C(=O)Nc1cccc(F)c1F. The van der Waals surface area contributed by atoms with Gasteiger partial charge in [-0.25, -0.2) is 13.6 Å². The monoisotopic (exact) mass is 316 g/mol. The standard InChI is InChI=1S/C14H18F2N2O4/c1-8(22-18-13(20)21-14(2,3)4)12(19)17-10-7-5-6-9(15)11(10)16/h5-8H,1-4H3,(H,17,19)(H,18,20). The summed E-state index contributed by atoms with van der Waals surface area (Å²) in [5, 5.41) is 2.15. The van der Waals surface area contributed by atoms with Crippen molar-refractivity contribution in [1.29, 1.82) is 0 Å². The third-order valence-corrected chi connectivity index (χ3v) is 2.30. The van der Waals surface area contributed by atoms with E-state index in [-0.39, 0.29) is 5.69 Å². The Bertz CT molecular complexity index is 558. The van der Waals surface area contributed by atoms with Gasteiger partial charge in [0, 0.05) is 0 Å². The average Bonchev–Trinajstić information content (AvgIpc) is 2.39. The minimum Gasteiger partial charge on any atom is -0.442 e. The van der Waals surface area contributed by atoms with Crippen LogP contribution in [0.1, 0.15) is 27.7 Å². The largest absolute Gasteiger partial charge is 0.442 e. The van der Waals surface area contributed by atoms with Crippen molar-refractivity contribution in [3.8, 4) is 0 Å². The summed E-state index contributed by atoms with van der Waals surface area (Å²) in [6.07, 6.45) is -2.01. The van der Waals surface area contributed by atoms with Gasteiger partial charge in [0.15, 0.2) is 17.7 Å². The number of hydrogen-bond acceptors (Lipinski definition) is 4. The van der Waals surface area contributed by atoms with Crippen LogP contribution in [0.3, 0.4) is 0 Å². The van der Waals surface area contributed by atoms with Crippen LogP contribution in [0.5, 0.6) is 0 Å². The minimum atomic E-state index is -1.18. The molecule has 22 heavy (non-hydrogen) atoms. The molecular formula is C14H18F2N2O4. The lowest BCUT2D eigenvalue weighted by Crippen LogP contribution is -2.38. The molecule has 122 valence electrons. The third-order valence-electron chi connectivity index (χ3n) is 2.30. The lowest BCUT2D eigenvalue weighted by molar-refractivity contribution is -0.130. The Labute approximate surface area is 126 Å². The van der Waals surface area contributed by atoms with Gasteiger partial charge in [0.05, 0.1) is 5.69 Å². The average molecular weight is 316 g/mol. The molecule has 1 atom stereocenters. The zero-order chi connectivity index (χ0) is 16.9. The molecule has 0 aliphatic heterocycles. The van der Waals surface area contributed by atoms with Crippen molar-refractivity contribution >= 4 is 17.7 Å². The van der Waals surface area contributed by atoms with Crippen LogP contribution in [-0.2, 0) is 14.4 Å². The molecular weight excluding hydrogens is 298 g/mol. The quantitative estimate of drug-likeness (QED) is 0.837. The van der Waals surface area contributed by atoms with Crippen LogP contribution in [-0.4, -0.2) is 23.7 Å². The van der Waals surface area contributed by atoms with E-state index in [1.165, 1.54) is 19.1 Å². The number of benzene rings is 1. The summed E-state index contributed by atoms with van der Waals surface area (Å²) in [5.41, 5.74) is 0.902. The first-order valence-corrected chi connectivity index (χ1v) is 6.49. The van der Waals surface area contributed by atoms with Crippen LogP contribution in [0.25, 0.3) is 0 Å². The Morgan fingerprint density at radius 1 is 1.23 bits per heavy atom. The third kappa shape index (κ3) is 5.65. The number of ether oxygens (including phenoxy) is 1. The lowest BCUT2D eigenvalue weighted by atomic mass is 10.2. The molecule has 0 heterocycles. The minimum absolute atomic E-state index is 0.322. The predicted octanol–water partition coefficient (Wildman–Crippen LogP) is 2.75. The summed E-state index contributed by atoms with van der Waals surface area (Å²) >= 11 is 0. The zero-order valence-electron chi connectivity index (χ0n) is 12.7. The molecule has 1 aromatic rings. The smallest absolute Gasteiger partial charge is 0.431 e. The molecule has 0 aliphatic carbocycles. The molecule has 0 bridgehead atoms. The summed E-state index contributed by atoms with van der Waals surface area (Å²) in [5.74, 6) is -3.03. The summed E-state index contributed by atoms with van der Waals surface area (Å²) in [6, 6.07) is 3.37. The number of anilines is 1. The fourth-order valence-corrected chi connectivity index (χ4v) is 1.32. The fourth-order valence-electron chi connectivity index (χ4n) is 1.32. The van der Waals surface area contributed by atoms with Gasteiger partial charge < -0.3 is 10.1 Å². The van der Waals surface area contributed by atoms with Crippen LogP contribution >= 0.6 is 0 Å². The van der Waals surface area contributed by atoms with E-state index in [1.54, 1.807) is 20.8 Å². The Morgan fingerprint density at radius 3 is 2.45 bits per heavy atom. The number of nitrogens with one attached hydrogen (secondary N) is 2. The van der Waals surface area contributed by atoms with E-state index < -0.39 is 35.3 Å². The van der Waals surface area contributed by atoms with Crippen LogP contribution < -0.4 is 10.8 Å². The first-order chi connectivity index (χ1) is 10.1. The summed E-state index contributed by atoms with van der Waals surface area (Å²) in [4.78, 5) is 27.9. The van der Waals surface area contributed by atoms with Crippen LogP contribution in [0, 0.1) is 11.6 Å². The highest BCUT2D eigenvalue weighted by molar-refractivity contribution is 5.94. The molecule has 0 saturated heterocycles. The van der Waals surface area contributed by atoms with Gasteiger partial charge >= 0.3 is 6.09 Å². The van der Waals surface area contributed by atoms with Crippen molar-refractivity contribution in [2.75, 3.05) is 5.32 Å². The Morgan fingerprint density at radius 2 is 1.86 bits per heavy atom. The van der Waals surface area contributed by atoms with Gasteiger partial charge in [-0.05, 0) is 39.8 Å². The van der Waals surface area contributed by atoms with E-state index in [4.69, 9.17) is 9.57 Å². The molecule has 0 fully saturated rings. The number of hydroxylamine groups is 1. The second-order valence-electron chi connectivity index (χ2n) is 5.45. The molecule has 6 nitrogen and oxygen atoms in total. The maximum atomic E-state index is 13.4. The normalized spacial score (nSPS) is 12.5. The van der Waals surface area contributed by atoms with Crippen molar-refractivity contribution in [2.24, 2.45) is 0 Å². The maximum absolute atomic E-state index is 13.4. The molecule has 8 heteroatoms. The maximum Gasteiger partial charge on any atom is 0.431 e. The van der Waals surface area contributed by atoms with Crippen LogP contribution in [0.15, 0.2) is 18.2 Å². The first-order valence-electron chi connectivity index (χ1n) is 6.49. The zero-order valence-corrected chi connectivity index (χ0v) is 12.7. The van der Waals surface area contributed by atoms with Gasteiger partial charge in [-0.15, -0.1) is 0 Å². The predicted molar refractivity (Wildman–Crippen MR) is 74.9 cm³/mol. The number of amides is 2. The molecule has 0 aliphatic rings. The number of carbonyl (C=O) groups excluding carboxylic acids is 2. The van der Waals surface area contributed by atoms with Crippen molar-refractivity contribution in [3.05, 3.63) is 29.8 Å². The van der Waals surface area contributed by atoms with Crippen molar-refractivity contribution < 1.29 is 27.9 Å². The molecule has 0 radical (unpaired) electrons. The van der Waals surface area contributed by atoms with Gasteiger partial charge in [0.2, 0.25) is 0 Å². The van der Waals surface area contributed by atoms with E-state index in [0.29, 0.717) is 0 Å². The number of hydrogen-bond donors (Lipinski definition) is 2. The number of carbonyl (C=O) groups is 2. The summed E-state index contributed by atoms with van der Waals surface area (Å²) in [6.45, 7) is 6.31. The summed E-state index contributed by atoms with van der Waals surface area (Å²) < 4.78 is 31.3. The second kappa shape index (κ2) is 7.17. The molecule has 0 spiro atoms.